The zero-order chi connectivity index (χ0) is 10.2. The predicted molar refractivity (Wildman–Crippen MR) is 50.5 cm³/mol. The van der Waals surface area contributed by atoms with Gasteiger partial charge in [0, 0.05) is 4.47 Å². The van der Waals surface area contributed by atoms with E-state index in [0.717, 1.165) is 6.07 Å². The number of benzene rings is 1. The molecule has 1 aromatic carbocycles. The number of carboxylic acids is 1. The minimum absolute atomic E-state index is 0.0411. The number of carbonyl (C=O) groups is 1. The topological polar surface area (TPSA) is 37.3 Å². The van der Waals surface area contributed by atoms with Crippen LogP contribution in [-0.4, -0.2) is 11.1 Å². The molecule has 0 amide bonds. The molecule has 0 radical (unpaired) electrons. The van der Waals surface area contributed by atoms with Crippen LogP contribution in [0.1, 0.15) is 21.5 Å². The quantitative estimate of drug-likeness (QED) is 0.828. The minimum Gasteiger partial charge on any atom is -0.478 e. The second-order valence-corrected chi connectivity index (χ2v) is 3.57. The fraction of sp³-hybridized carbons (Fsp3) is 0.222. The van der Waals surface area contributed by atoms with Crippen LogP contribution >= 0.6 is 15.9 Å². The average molecular weight is 247 g/mol. The maximum atomic E-state index is 13.1. The van der Waals surface area contributed by atoms with E-state index < -0.39 is 11.8 Å². The van der Waals surface area contributed by atoms with Crippen molar-refractivity contribution in [2.75, 3.05) is 0 Å². The van der Waals surface area contributed by atoms with Gasteiger partial charge in [-0.15, -0.1) is 0 Å². The Hall–Kier alpha value is -0.900. The molecule has 0 saturated carbocycles. The summed E-state index contributed by atoms with van der Waals surface area (Å²) in [5.41, 5.74) is 1.05. The van der Waals surface area contributed by atoms with Crippen molar-refractivity contribution in [3.05, 3.63) is 33.0 Å². The van der Waals surface area contributed by atoms with Crippen LogP contribution in [0.15, 0.2) is 10.5 Å². The summed E-state index contributed by atoms with van der Waals surface area (Å²) < 4.78 is 13.5. The Morgan fingerprint density at radius 2 is 2.00 bits per heavy atom. The van der Waals surface area contributed by atoms with Crippen molar-refractivity contribution in [3.63, 3.8) is 0 Å². The van der Waals surface area contributed by atoms with E-state index in [1.807, 2.05) is 0 Å². The van der Waals surface area contributed by atoms with E-state index in [1.54, 1.807) is 13.8 Å². The van der Waals surface area contributed by atoms with Crippen LogP contribution in [0.4, 0.5) is 4.39 Å². The number of hydrogen-bond donors (Lipinski definition) is 1. The van der Waals surface area contributed by atoms with Crippen LogP contribution < -0.4 is 0 Å². The van der Waals surface area contributed by atoms with Crippen molar-refractivity contribution in [1.82, 2.24) is 0 Å². The molecule has 0 aromatic heterocycles. The standard InChI is InChI=1S/C9H8BrFO2/c1-4-5(2)8(10)6(9(12)13)3-7(4)11/h3H,1-2H3,(H,12,13). The first kappa shape index (κ1) is 10.2. The molecule has 13 heavy (non-hydrogen) atoms. The highest BCUT2D eigenvalue weighted by atomic mass is 79.9. The highest BCUT2D eigenvalue weighted by molar-refractivity contribution is 9.10. The highest BCUT2D eigenvalue weighted by Crippen LogP contribution is 2.26. The van der Waals surface area contributed by atoms with Gasteiger partial charge in [0.05, 0.1) is 5.56 Å². The van der Waals surface area contributed by atoms with Crippen LogP contribution in [0.25, 0.3) is 0 Å². The summed E-state index contributed by atoms with van der Waals surface area (Å²) in [6.07, 6.45) is 0. The number of rotatable bonds is 1. The Kier molecular flexibility index (Phi) is 2.71. The number of carboxylic acid groups (broad SMARTS) is 1. The summed E-state index contributed by atoms with van der Waals surface area (Å²) in [6.45, 7) is 3.29. The van der Waals surface area contributed by atoms with Crippen molar-refractivity contribution < 1.29 is 14.3 Å². The van der Waals surface area contributed by atoms with E-state index in [2.05, 4.69) is 15.9 Å². The van der Waals surface area contributed by atoms with Gasteiger partial charge < -0.3 is 5.11 Å². The third-order valence-electron chi connectivity index (χ3n) is 1.99. The van der Waals surface area contributed by atoms with E-state index >= 15 is 0 Å². The van der Waals surface area contributed by atoms with Gasteiger partial charge in [0.25, 0.3) is 0 Å². The first-order valence-electron chi connectivity index (χ1n) is 3.63. The molecule has 0 bridgehead atoms. The normalized spacial score (nSPS) is 10.2. The lowest BCUT2D eigenvalue weighted by molar-refractivity contribution is 0.0695. The lowest BCUT2D eigenvalue weighted by Gasteiger charge is -2.07. The molecule has 0 saturated heterocycles. The van der Waals surface area contributed by atoms with Gasteiger partial charge in [-0.1, -0.05) is 0 Å². The lowest BCUT2D eigenvalue weighted by atomic mass is 10.1. The summed E-state index contributed by atoms with van der Waals surface area (Å²) >= 11 is 3.12. The van der Waals surface area contributed by atoms with Gasteiger partial charge in [-0.05, 0) is 47.0 Å². The Morgan fingerprint density at radius 1 is 1.46 bits per heavy atom. The van der Waals surface area contributed by atoms with Crippen molar-refractivity contribution in [3.8, 4) is 0 Å². The molecule has 0 atom stereocenters. The van der Waals surface area contributed by atoms with Crippen LogP contribution in [-0.2, 0) is 0 Å². The van der Waals surface area contributed by atoms with Gasteiger partial charge in [-0.3, -0.25) is 0 Å². The third kappa shape index (κ3) is 1.72. The van der Waals surface area contributed by atoms with Gasteiger partial charge in [0.1, 0.15) is 5.82 Å². The maximum absolute atomic E-state index is 13.1. The number of halogens is 2. The van der Waals surface area contributed by atoms with E-state index in [4.69, 9.17) is 5.11 Å². The van der Waals surface area contributed by atoms with Crippen molar-refractivity contribution in [1.29, 1.82) is 0 Å². The molecular formula is C9H8BrFO2. The molecule has 0 aliphatic carbocycles. The maximum Gasteiger partial charge on any atom is 0.336 e. The summed E-state index contributed by atoms with van der Waals surface area (Å²) in [7, 11) is 0. The van der Waals surface area contributed by atoms with Gasteiger partial charge in [-0.25, -0.2) is 9.18 Å². The van der Waals surface area contributed by atoms with Crippen molar-refractivity contribution in [2.45, 2.75) is 13.8 Å². The monoisotopic (exact) mass is 246 g/mol. The molecule has 0 fully saturated rings. The largest absolute Gasteiger partial charge is 0.478 e. The highest BCUT2D eigenvalue weighted by Gasteiger charge is 2.14. The number of aromatic carboxylic acids is 1. The molecule has 0 aliphatic rings. The smallest absolute Gasteiger partial charge is 0.336 e. The zero-order valence-electron chi connectivity index (χ0n) is 7.19. The second kappa shape index (κ2) is 3.46. The van der Waals surface area contributed by atoms with Gasteiger partial charge in [0.2, 0.25) is 0 Å². The molecular weight excluding hydrogens is 239 g/mol. The molecule has 1 N–H and O–H groups in total. The average Bonchev–Trinajstić information content (AvgIpc) is 2.07. The first-order chi connectivity index (χ1) is 5.95. The van der Waals surface area contributed by atoms with Gasteiger partial charge in [-0.2, -0.15) is 0 Å². The van der Waals surface area contributed by atoms with Crippen LogP contribution in [0.5, 0.6) is 0 Å². The molecule has 0 spiro atoms. The summed E-state index contributed by atoms with van der Waals surface area (Å²) in [4.78, 5) is 10.6. The predicted octanol–water partition coefficient (Wildman–Crippen LogP) is 2.90. The molecule has 0 unspecified atom stereocenters. The summed E-state index contributed by atoms with van der Waals surface area (Å²) in [6, 6.07) is 1.02. The summed E-state index contributed by atoms with van der Waals surface area (Å²) in [5.74, 6) is -1.62. The third-order valence-corrected chi connectivity index (χ3v) is 3.01. The number of hydrogen-bond acceptors (Lipinski definition) is 1. The molecule has 1 rings (SSSR count). The molecule has 4 heteroatoms. The minimum atomic E-state index is -1.13. The van der Waals surface area contributed by atoms with E-state index in [-0.39, 0.29) is 5.56 Å². The van der Waals surface area contributed by atoms with E-state index in [1.165, 1.54) is 0 Å². The molecule has 2 nitrogen and oxygen atoms in total. The molecule has 0 aliphatic heterocycles. The Labute approximate surface area is 83.5 Å². The SMILES string of the molecule is Cc1c(F)cc(C(=O)O)c(Br)c1C. The second-order valence-electron chi connectivity index (χ2n) is 2.78. The first-order valence-corrected chi connectivity index (χ1v) is 4.43. The van der Waals surface area contributed by atoms with Crippen molar-refractivity contribution in [2.24, 2.45) is 0 Å². The fourth-order valence-electron chi connectivity index (χ4n) is 1.000. The fourth-order valence-corrected chi connectivity index (χ4v) is 1.58. The van der Waals surface area contributed by atoms with Crippen LogP contribution in [0.3, 0.4) is 0 Å². The Bertz CT molecular complexity index is 374. The molecule has 1 aromatic rings. The van der Waals surface area contributed by atoms with Gasteiger partial charge >= 0.3 is 5.97 Å². The van der Waals surface area contributed by atoms with Crippen LogP contribution in [0, 0.1) is 19.7 Å². The Morgan fingerprint density at radius 3 is 2.46 bits per heavy atom. The lowest BCUT2D eigenvalue weighted by Crippen LogP contribution is -2.02. The Balaban J connectivity index is 3.50. The van der Waals surface area contributed by atoms with E-state index in [0.29, 0.717) is 15.6 Å². The molecule has 0 heterocycles. The van der Waals surface area contributed by atoms with Crippen molar-refractivity contribution >= 4 is 21.9 Å². The zero-order valence-corrected chi connectivity index (χ0v) is 8.77. The summed E-state index contributed by atoms with van der Waals surface area (Å²) in [5, 5.41) is 8.71. The van der Waals surface area contributed by atoms with E-state index in [9.17, 15) is 9.18 Å². The molecule has 70 valence electrons. The van der Waals surface area contributed by atoms with Gasteiger partial charge in [0.15, 0.2) is 0 Å². The van der Waals surface area contributed by atoms with Crippen LogP contribution in [0.2, 0.25) is 0 Å².